The highest BCUT2D eigenvalue weighted by molar-refractivity contribution is 5.94. The molecular formula is C24H24F3NO4. The molecular weight excluding hydrogens is 423 g/mol. The van der Waals surface area contributed by atoms with Gasteiger partial charge in [0.2, 0.25) is 0 Å². The van der Waals surface area contributed by atoms with Crippen LogP contribution in [0.3, 0.4) is 0 Å². The van der Waals surface area contributed by atoms with Crippen molar-refractivity contribution in [2.75, 3.05) is 26.3 Å². The van der Waals surface area contributed by atoms with Crippen molar-refractivity contribution in [2.24, 2.45) is 0 Å². The largest absolute Gasteiger partial charge is 0.449 e. The van der Waals surface area contributed by atoms with Crippen molar-refractivity contribution < 1.29 is 32.2 Å². The van der Waals surface area contributed by atoms with E-state index in [1.807, 2.05) is 0 Å². The number of carbonyl (C=O) groups is 2. The van der Waals surface area contributed by atoms with Gasteiger partial charge in [0.25, 0.3) is 5.91 Å². The van der Waals surface area contributed by atoms with Crippen LogP contribution in [0.25, 0.3) is 0 Å². The number of benzene rings is 2. The number of amides is 1. The van der Waals surface area contributed by atoms with Gasteiger partial charge in [0.05, 0.1) is 18.8 Å². The minimum absolute atomic E-state index is 0.0891. The molecule has 2 aliphatic rings. The molecule has 1 amide bonds. The molecule has 170 valence electrons. The van der Waals surface area contributed by atoms with E-state index < -0.39 is 17.3 Å². The SMILES string of the molecule is CC(=O)OC1(c2ccc(C(=O)N3CCC(c4ccc(C(F)(F)F)cc4)CC3)cc2)COC1. The number of rotatable bonds is 4. The smallest absolute Gasteiger partial charge is 0.416 e. The second kappa shape index (κ2) is 8.58. The summed E-state index contributed by atoms with van der Waals surface area (Å²) in [5.41, 5.74) is 0.763. The summed E-state index contributed by atoms with van der Waals surface area (Å²) in [4.78, 5) is 26.1. The molecule has 4 rings (SSSR count). The first-order valence-corrected chi connectivity index (χ1v) is 10.5. The Hall–Kier alpha value is -2.87. The van der Waals surface area contributed by atoms with E-state index in [-0.39, 0.29) is 31.0 Å². The number of ether oxygens (including phenoxy) is 2. The summed E-state index contributed by atoms with van der Waals surface area (Å²) >= 11 is 0. The first kappa shape index (κ1) is 22.3. The Labute approximate surface area is 184 Å². The molecule has 0 aromatic heterocycles. The Morgan fingerprint density at radius 3 is 2.06 bits per heavy atom. The number of hydrogen-bond donors (Lipinski definition) is 0. The zero-order chi connectivity index (χ0) is 22.9. The van der Waals surface area contributed by atoms with Crippen LogP contribution in [0.1, 0.15) is 52.7 Å². The molecule has 0 spiro atoms. The summed E-state index contributed by atoms with van der Waals surface area (Å²) in [5, 5.41) is 0. The molecule has 0 N–H and O–H groups in total. The third-order valence-electron chi connectivity index (χ3n) is 6.16. The van der Waals surface area contributed by atoms with Crippen molar-refractivity contribution >= 4 is 11.9 Å². The lowest BCUT2D eigenvalue weighted by atomic mass is 9.88. The number of nitrogens with zero attached hydrogens (tertiary/aromatic N) is 1. The molecule has 2 fully saturated rings. The summed E-state index contributed by atoms with van der Waals surface area (Å²) in [6, 6.07) is 12.3. The third-order valence-corrected chi connectivity index (χ3v) is 6.16. The van der Waals surface area contributed by atoms with Gasteiger partial charge in [-0.15, -0.1) is 0 Å². The number of piperidine rings is 1. The number of hydrogen-bond acceptors (Lipinski definition) is 4. The van der Waals surface area contributed by atoms with Crippen molar-refractivity contribution in [2.45, 2.75) is 37.5 Å². The molecule has 0 bridgehead atoms. The average molecular weight is 447 g/mol. The lowest BCUT2D eigenvalue weighted by Gasteiger charge is -2.40. The molecule has 0 atom stereocenters. The van der Waals surface area contributed by atoms with Crippen molar-refractivity contribution in [3.63, 3.8) is 0 Å². The monoisotopic (exact) mass is 447 g/mol. The number of halogens is 3. The number of esters is 1. The van der Waals surface area contributed by atoms with Crippen LogP contribution in [0, 0.1) is 0 Å². The molecule has 32 heavy (non-hydrogen) atoms. The van der Waals surface area contributed by atoms with Gasteiger partial charge in [-0.05, 0) is 48.6 Å². The van der Waals surface area contributed by atoms with E-state index in [1.165, 1.54) is 19.1 Å². The minimum atomic E-state index is -4.34. The normalized spacial score (nSPS) is 18.7. The molecule has 2 heterocycles. The average Bonchev–Trinajstić information content (AvgIpc) is 2.75. The fourth-order valence-corrected chi connectivity index (χ4v) is 4.31. The first-order chi connectivity index (χ1) is 15.2. The van der Waals surface area contributed by atoms with Crippen molar-refractivity contribution in [1.29, 1.82) is 0 Å². The second-order valence-electron chi connectivity index (χ2n) is 8.34. The highest BCUT2D eigenvalue weighted by Crippen LogP contribution is 2.35. The van der Waals surface area contributed by atoms with Crippen molar-refractivity contribution in [3.05, 3.63) is 70.8 Å². The zero-order valence-corrected chi connectivity index (χ0v) is 17.7. The predicted octanol–water partition coefficient (Wildman–Crippen LogP) is 4.51. The van der Waals surface area contributed by atoms with Gasteiger partial charge in [0.1, 0.15) is 0 Å². The van der Waals surface area contributed by atoms with E-state index in [4.69, 9.17) is 9.47 Å². The van der Waals surface area contributed by atoms with Gasteiger partial charge >= 0.3 is 12.1 Å². The Bertz CT molecular complexity index is 974. The third kappa shape index (κ3) is 4.50. The van der Waals surface area contributed by atoms with E-state index in [2.05, 4.69) is 0 Å². The van der Waals surface area contributed by atoms with Crippen LogP contribution in [0.5, 0.6) is 0 Å². The van der Waals surface area contributed by atoms with Crippen LogP contribution in [-0.2, 0) is 26.0 Å². The molecule has 0 saturated carbocycles. The second-order valence-corrected chi connectivity index (χ2v) is 8.34. The zero-order valence-electron chi connectivity index (χ0n) is 17.7. The number of alkyl halides is 3. The van der Waals surface area contributed by atoms with Gasteiger partial charge in [-0.1, -0.05) is 24.3 Å². The van der Waals surface area contributed by atoms with Gasteiger partial charge < -0.3 is 14.4 Å². The topological polar surface area (TPSA) is 55.8 Å². The van der Waals surface area contributed by atoms with Crippen LogP contribution >= 0.6 is 0 Å². The first-order valence-electron chi connectivity index (χ1n) is 10.5. The van der Waals surface area contributed by atoms with E-state index >= 15 is 0 Å². The minimum Gasteiger partial charge on any atom is -0.449 e. The molecule has 2 aromatic rings. The molecule has 0 unspecified atom stereocenters. The van der Waals surface area contributed by atoms with Gasteiger partial charge in [-0.3, -0.25) is 9.59 Å². The summed E-state index contributed by atoms with van der Waals surface area (Å²) < 4.78 is 48.9. The van der Waals surface area contributed by atoms with Gasteiger partial charge in [0.15, 0.2) is 5.60 Å². The van der Waals surface area contributed by atoms with E-state index in [0.29, 0.717) is 31.5 Å². The standard InChI is InChI=1S/C24H24F3NO4/c1-16(29)32-23(14-31-15-23)20-6-4-19(5-7-20)22(30)28-12-10-18(11-13-28)17-2-8-21(9-3-17)24(25,26)27/h2-9,18H,10-15H2,1H3. The molecule has 8 heteroatoms. The summed E-state index contributed by atoms with van der Waals surface area (Å²) in [6.07, 6.45) is -2.95. The maximum Gasteiger partial charge on any atom is 0.416 e. The van der Waals surface area contributed by atoms with Crippen molar-refractivity contribution in [3.8, 4) is 0 Å². The van der Waals surface area contributed by atoms with E-state index in [9.17, 15) is 22.8 Å². The molecule has 0 radical (unpaired) electrons. The Morgan fingerprint density at radius 1 is 1.00 bits per heavy atom. The molecule has 0 aliphatic carbocycles. The van der Waals surface area contributed by atoms with Crippen LogP contribution in [0.4, 0.5) is 13.2 Å². The Balaban J connectivity index is 1.37. The fourth-order valence-electron chi connectivity index (χ4n) is 4.31. The quantitative estimate of drug-likeness (QED) is 0.647. The van der Waals surface area contributed by atoms with Gasteiger partial charge in [0, 0.05) is 31.1 Å². The maximum absolute atomic E-state index is 12.9. The summed E-state index contributed by atoms with van der Waals surface area (Å²) in [5.74, 6) is -0.343. The lowest BCUT2D eigenvalue weighted by Crippen LogP contribution is -2.50. The molecule has 5 nitrogen and oxygen atoms in total. The van der Waals surface area contributed by atoms with E-state index in [0.717, 1.165) is 23.3 Å². The number of carbonyl (C=O) groups excluding carboxylic acids is 2. The van der Waals surface area contributed by atoms with E-state index in [1.54, 1.807) is 29.2 Å². The lowest BCUT2D eigenvalue weighted by molar-refractivity contribution is -0.216. The Morgan fingerprint density at radius 2 is 1.59 bits per heavy atom. The van der Waals surface area contributed by atoms with Crippen molar-refractivity contribution in [1.82, 2.24) is 4.90 Å². The van der Waals surface area contributed by atoms with Crippen LogP contribution in [0.15, 0.2) is 48.5 Å². The highest BCUT2D eigenvalue weighted by Gasteiger charge is 2.44. The van der Waals surface area contributed by atoms with Crippen LogP contribution in [-0.4, -0.2) is 43.1 Å². The van der Waals surface area contributed by atoms with Crippen LogP contribution in [0.2, 0.25) is 0 Å². The molecule has 2 saturated heterocycles. The Kier molecular flexibility index (Phi) is 5.99. The van der Waals surface area contributed by atoms with Crippen LogP contribution < -0.4 is 0 Å². The molecule has 2 aromatic carbocycles. The fraction of sp³-hybridized carbons (Fsp3) is 0.417. The maximum atomic E-state index is 12.9. The number of likely N-dealkylation sites (tertiary alicyclic amines) is 1. The highest BCUT2D eigenvalue weighted by atomic mass is 19.4. The predicted molar refractivity (Wildman–Crippen MR) is 110 cm³/mol. The summed E-state index contributed by atoms with van der Waals surface area (Å²) in [6.45, 7) is 3.01. The van der Waals surface area contributed by atoms with Gasteiger partial charge in [-0.25, -0.2) is 0 Å². The van der Waals surface area contributed by atoms with Gasteiger partial charge in [-0.2, -0.15) is 13.2 Å². The molecule has 2 aliphatic heterocycles. The summed E-state index contributed by atoms with van der Waals surface area (Å²) in [7, 11) is 0.